The lowest BCUT2D eigenvalue weighted by Crippen LogP contribution is -2.33. The number of hydrogen-bond acceptors (Lipinski definition) is 4. The van der Waals surface area contributed by atoms with E-state index in [9.17, 15) is 0 Å². The Labute approximate surface area is 70.7 Å². The number of hydrogen-bond donors (Lipinski definition) is 2. The first-order valence-electron chi connectivity index (χ1n) is 3.86. The standard InChI is InChI=1S/C8H10N4/c1-6-10-8(12-11-6)7-3-2-4-9-5-7/h2-6,11H,1H3,(H,10,12). The fourth-order valence-electron chi connectivity index (χ4n) is 1.08. The van der Waals surface area contributed by atoms with Crippen LogP contribution in [0.15, 0.2) is 29.5 Å². The van der Waals surface area contributed by atoms with Crippen molar-refractivity contribution in [2.24, 2.45) is 4.99 Å². The lowest BCUT2D eigenvalue weighted by Gasteiger charge is -1.99. The summed E-state index contributed by atoms with van der Waals surface area (Å²) in [7, 11) is 0. The number of amidine groups is 1. The number of nitrogens with one attached hydrogen (secondary N) is 2. The lowest BCUT2D eigenvalue weighted by molar-refractivity contribution is 0.589. The molecule has 1 unspecified atom stereocenters. The Bertz CT molecular complexity index is 293. The average molecular weight is 162 g/mol. The van der Waals surface area contributed by atoms with Gasteiger partial charge in [-0.2, -0.15) is 0 Å². The molecule has 4 heteroatoms. The molecule has 62 valence electrons. The molecule has 0 saturated carbocycles. The number of hydrazine groups is 1. The molecular weight excluding hydrogens is 152 g/mol. The van der Waals surface area contributed by atoms with Crippen LogP contribution in [-0.2, 0) is 0 Å². The van der Waals surface area contributed by atoms with E-state index in [0.717, 1.165) is 11.4 Å². The summed E-state index contributed by atoms with van der Waals surface area (Å²) in [5.74, 6) is 0.857. The topological polar surface area (TPSA) is 49.3 Å². The number of nitrogens with zero attached hydrogens (tertiary/aromatic N) is 2. The van der Waals surface area contributed by atoms with Crippen LogP contribution in [0.4, 0.5) is 0 Å². The third-order valence-electron chi connectivity index (χ3n) is 1.66. The van der Waals surface area contributed by atoms with Gasteiger partial charge in [-0.1, -0.05) is 0 Å². The molecule has 0 saturated heterocycles. The predicted octanol–water partition coefficient (Wildman–Crippen LogP) is 0.282. The normalized spacial score (nSPS) is 21.8. The van der Waals surface area contributed by atoms with Gasteiger partial charge in [0, 0.05) is 18.0 Å². The summed E-state index contributed by atoms with van der Waals surface area (Å²) in [6, 6.07) is 3.86. The van der Waals surface area contributed by atoms with Crippen LogP contribution in [0.1, 0.15) is 12.5 Å². The van der Waals surface area contributed by atoms with Crippen LogP contribution in [0.5, 0.6) is 0 Å². The molecule has 1 atom stereocenters. The van der Waals surface area contributed by atoms with Gasteiger partial charge >= 0.3 is 0 Å². The molecule has 0 spiro atoms. The van der Waals surface area contributed by atoms with E-state index in [1.54, 1.807) is 12.4 Å². The number of aromatic nitrogens is 1. The Balaban J connectivity index is 2.27. The highest BCUT2D eigenvalue weighted by molar-refractivity contribution is 5.99. The zero-order chi connectivity index (χ0) is 8.39. The molecular formula is C8H10N4. The molecule has 0 radical (unpaired) electrons. The molecule has 1 aliphatic rings. The van der Waals surface area contributed by atoms with E-state index in [1.807, 2.05) is 19.1 Å². The summed E-state index contributed by atoms with van der Waals surface area (Å²) >= 11 is 0. The van der Waals surface area contributed by atoms with Crippen molar-refractivity contribution < 1.29 is 0 Å². The summed E-state index contributed by atoms with van der Waals surface area (Å²) < 4.78 is 0. The van der Waals surface area contributed by atoms with Crippen molar-refractivity contribution in [3.05, 3.63) is 30.1 Å². The minimum atomic E-state index is 0.139. The Morgan fingerprint density at radius 2 is 2.42 bits per heavy atom. The van der Waals surface area contributed by atoms with E-state index in [4.69, 9.17) is 0 Å². The molecule has 1 aromatic heterocycles. The first-order chi connectivity index (χ1) is 5.86. The van der Waals surface area contributed by atoms with E-state index >= 15 is 0 Å². The summed E-state index contributed by atoms with van der Waals surface area (Å²) in [4.78, 5) is 8.32. The Hall–Kier alpha value is -1.42. The Morgan fingerprint density at radius 3 is 3.00 bits per heavy atom. The van der Waals surface area contributed by atoms with Gasteiger partial charge in [-0.05, 0) is 19.1 Å². The predicted molar refractivity (Wildman–Crippen MR) is 46.5 cm³/mol. The van der Waals surface area contributed by atoms with Crippen LogP contribution in [0, 0.1) is 0 Å². The quantitative estimate of drug-likeness (QED) is 0.623. The van der Waals surface area contributed by atoms with Crippen molar-refractivity contribution >= 4 is 5.84 Å². The van der Waals surface area contributed by atoms with Crippen molar-refractivity contribution in [3.63, 3.8) is 0 Å². The monoisotopic (exact) mass is 162 g/mol. The summed E-state index contributed by atoms with van der Waals surface area (Å²) in [5.41, 5.74) is 6.98. The third-order valence-corrected chi connectivity index (χ3v) is 1.66. The van der Waals surface area contributed by atoms with E-state index in [1.165, 1.54) is 0 Å². The summed E-state index contributed by atoms with van der Waals surface area (Å²) in [5, 5.41) is 0. The van der Waals surface area contributed by atoms with Gasteiger partial charge in [-0.15, -0.1) is 0 Å². The minimum Gasteiger partial charge on any atom is -0.304 e. The van der Waals surface area contributed by atoms with Gasteiger partial charge in [0.05, 0.1) is 0 Å². The highest BCUT2D eigenvalue weighted by atomic mass is 15.5. The minimum absolute atomic E-state index is 0.139. The molecule has 12 heavy (non-hydrogen) atoms. The van der Waals surface area contributed by atoms with E-state index < -0.39 is 0 Å². The Morgan fingerprint density at radius 1 is 1.50 bits per heavy atom. The molecule has 0 amide bonds. The van der Waals surface area contributed by atoms with Crippen LogP contribution in [0.3, 0.4) is 0 Å². The molecule has 0 bridgehead atoms. The largest absolute Gasteiger partial charge is 0.304 e. The van der Waals surface area contributed by atoms with Gasteiger partial charge in [-0.3, -0.25) is 4.98 Å². The highest BCUT2D eigenvalue weighted by Crippen LogP contribution is 2.01. The van der Waals surface area contributed by atoms with E-state index in [0.29, 0.717) is 0 Å². The van der Waals surface area contributed by atoms with Gasteiger partial charge < -0.3 is 5.43 Å². The molecule has 4 nitrogen and oxygen atoms in total. The molecule has 2 N–H and O–H groups in total. The molecule has 0 aromatic carbocycles. The second kappa shape index (κ2) is 2.91. The molecule has 0 fully saturated rings. The first kappa shape index (κ1) is 7.24. The maximum atomic E-state index is 4.31. The van der Waals surface area contributed by atoms with Crippen molar-refractivity contribution in [1.82, 2.24) is 15.8 Å². The van der Waals surface area contributed by atoms with Gasteiger partial charge in [-0.25, -0.2) is 10.4 Å². The third kappa shape index (κ3) is 1.29. The zero-order valence-corrected chi connectivity index (χ0v) is 6.78. The fourth-order valence-corrected chi connectivity index (χ4v) is 1.08. The van der Waals surface area contributed by atoms with Crippen molar-refractivity contribution in [1.29, 1.82) is 0 Å². The van der Waals surface area contributed by atoms with Crippen LogP contribution < -0.4 is 10.9 Å². The van der Waals surface area contributed by atoms with E-state index in [-0.39, 0.29) is 6.17 Å². The first-order valence-corrected chi connectivity index (χ1v) is 3.86. The van der Waals surface area contributed by atoms with Gasteiger partial charge in [0.1, 0.15) is 12.0 Å². The van der Waals surface area contributed by atoms with Crippen molar-refractivity contribution in [3.8, 4) is 0 Å². The zero-order valence-electron chi connectivity index (χ0n) is 6.78. The maximum absolute atomic E-state index is 4.31. The van der Waals surface area contributed by atoms with Crippen LogP contribution in [0.2, 0.25) is 0 Å². The van der Waals surface area contributed by atoms with E-state index in [2.05, 4.69) is 20.8 Å². The van der Waals surface area contributed by atoms with Crippen LogP contribution in [-0.4, -0.2) is 17.0 Å². The summed E-state index contributed by atoms with van der Waals surface area (Å²) in [6.45, 7) is 1.98. The second-order valence-electron chi connectivity index (χ2n) is 2.66. The SMILES string of the molecule is CC1N=C(c2cccnc2)NN1. The van der Waals surface area contributed by atoms with Gasteiger partial charge in [0.15, 0.2) is 0 Å². The van der Waals surface area contributed by atoms with Crippen LogP contribution in [0.25, 0.3) is 0 Å². The number of rotatable bonds is 1. The molecule has 1 aromatic rings. The molecule has 0 aliphatic carbocycles. The highest BCUT2D eigenvalue weighted by Gasteiger charge is 2.11. The number of pyridine rings is 1. The van der Waals surface area contributed by atoms with Crippen molar-refractivity contribution in [2.45, 2.75) is 13.1 Å². The second-order valence-corrected chi connectivity index (χ2v) is 2.66. The maximum Gasteiger partial charge on any atom is 0.145 e. The molecule has 2 heterocycles. The lowest BCUT2D eigenvalue weighted by atomic mass is 10.3. The number of aliphatic imine (C=N–C) groups is 1. The average Bonchev–Trinajstić information content (AvgIpc) is 2.54. The van der Waals surface area contributed by atoms with Gasteiger partial charge in [0.2, 0.25) is 0 Å². The van der Waals surface area contributed by atoms with Crippen molar-refractivity contribution in [2.75, 3.05) is 0 Å². The molecule has 1 aliphatic heterocycles. The Kier molecular flexibility index (Phi) is 1.75. The molecule has 2 rings (SSSR count). The van der Waals surface area contributed by atoms with Crippen LogP contribution >= 0.6 is 0 Å². The fraction of sp³-hybridized carbons (Fsp3) is 0.250. The summed E-state index contributed by atoms with van der Waals surface area (Å²) in [6.07, 6.45) is 3.67. The smallest absolute Gasteiger partial charge is 0.145 e. The van der Waals surface area contributed by atoms with Gasteiger partial charge in [0.25, 0.3) is 0 Å².